The molecular weight excluding hydrogens is 304 g/mol. The molecule has 3 rings (SSSR count). The fraction of sp³-hybridized carbons (Fsp3) is 0.632. The van der Waals surface area contributed by atoms with Gasteiger partial charge in [0.25, 0.3) is 0 Å². The first-order chi connectivity index (χ1) is 11.8. The molecule has 1 amide bonds. The summed E-state index contributed by atoms with van der Waals surface area (Å²) < 4.78 is 11.1. The zero-order valence-corrected chi connectivity index (χ0v) is 14.3. The van der Waals surface area contributed by atoms with Crippen LogP contribution in [-0.2, 0) is 9.53 Å². The molecule has 1 aromatic rings. The number of benzene rings is 1. The number of nitrogens with one attached hydrogen (secondary N) is 1. The number of likely N-dealkylation sites (tertiary alicyclic amines) is 1. The first-order valence-electron chi connectivity index (χ1n) is 9.09. The van der Waals surface area contributed by atoms with Crippen LogP contribution in [0.1, 0.15) is 25.7 Å². The molecule has 132 valence electrons. The number of amides is 1. The SMILES string of the molecule is O=C(NC1CCOCC1)C1CCCN(CCOc2ccccc2)C1. The van der Waals surface area contributed by atoms with Gasteiger partial charge in [0, 0.05) is 32.3 Å². The van der Waals surface area contributed by atoms with Crippen molar-refractivity contribution in [3.05, 3.63) is 30.3 Å². The van der Waals surface area contributed by atoms with Crippen molar-refractivity contribution in [1.82, 2.24) is 10.2 Å². The molecule has 0 saturated carbocycles. The Labute approximate surface area is 144 Å². The van der Waals surface area contributed by atoms with Crippen molar-refractivity contribution < 1.29 is 14.3 Å². The maximum Gasteiger partial charge on any atom is 0.224 e. The van der Waals surface area contributed by atoms with E-state index in [1.807, 2.05) is 30.3 Å². The molecule has 5 nitrogen and oxygen atoms in total. The van der Waals surface area contributed by atoms with Gasteiger partial charge in [0.05, 0.1) is 5.92 Å². The Morgan fingerprint density at radius 1 is 1.21 bits per heavy atom. The highest BCUT2D eigenvalue weighted by molar-refractivity contribution is 5.79. The quantitative estimate of drug-likeness (QED) is 0.866. The highest BCUT2D eigenvalue weighted by Crippen LogP contribution is 2.18. The summed E-state index contributed by atoms with van der Waals surface area (Å²) in [6, 6.07) is 10.2. The summed E-state index contributed by atoms with van der Waals surface area (Å²) >= 11 is 0. The molecule has 2 aliphatic rings. The molecule has 2 fully saturated rings. The van der Waals surface area contributed by atoms with Crippen molar-refractivity contribution in [3.8, 4) is 5.75 Å². The molecule has 0 aromatic heterocycles. The minimum Gasteiger partial charge on any atom is -0.492 e. The van der Waals surface area contributed by atoms with E-state index in [9.17, 15) is 4.79 Å². The van der Waals surface area contributed by atoms with Crippen LogP contribution in [0.3, 0.4) is 0 Å². The van der Waals surface area contributed by atoms with Crippen molar-refractivity contribution in [2.75, 3.05) is 39.5 Å². The van der Waals surface area contributed by atoms with Gasteiger partial charge in [-0.3, -0.25) is 9.69 Å². The van der Waals surface area contributed by atoms with Crippen LogP contribution >= 0.6 is 0 Å². The Balaban J connectivity index is 1.39. The van der Waals surface area contributed by atoms with Crippen LogP contribution in [0.5, 0.6) is 5.75 Å². The van der Waals surface area contributed by atoms with Gasteiger partial charge in [-0.2, -0.15) is 0 Å². The summed E-state index contributed by atoms with van der Waals surface area (Å²) in [4.78, 5) is 14.8. The van der Waals surface area contributed by atoms with Crippen molar-refractivity contribution in [2.45, 2.75) is 31.7 Å². The fourth-order valence-electron chi connectivity index (χ4n) is 3.44. The lowest BCUT2D eigenvalue weighted by Gasteiger charge is -2.33. The summed E-state index contributed by atoms with van der Waals surface area (Å²) in [5.74, 6) is 1.23. The van der Waals surface area contributed by atoms with E-state index in [2.05, 4.69) is 10.2 Å². The third kappa shape index (κ3) is 5.21. The van der Waals surface area contributed by atoms with E-state index in [1.165, 1.54) is 0 Å². The van der Waals surface area contributed by atoms with E-state index >= 15 is 0 Å². The molecule has 1 unspecified atom stereocenters. The fourth-order valence-corrected chi connectivity index (χ4v) is 3.44. The van der Waals surface area contributed by atoms with Crippen LogP contribution in [0.25, 0.3) is 0 Å². The van der Waals surface area contributed by atoms with E-state index in [4.69, 9.17) is 9.47 Å². The monoisotopic (exact) mass is 332 g/mol. The second-order valence-electron chi connectivity index (χ2n) is 6.70. The second kappa shape index (κ2) is 9.04. The minimum atomic E-state index is 0.110. The topological polar surface area (TPSA) is 50.8 Å². The largest absolute Gasteiger partial charge is 0.492 e. The molecule has 2 saturated heterocycles. The predicted molar refractivity (Wildman–Crippen MR) is 93.1 cm³/mol. The van der Waals surface area contributed by atoms with Crippen LogP contribution in [0.2, 0.25) is 0 Å². The number of piperidine rings is 1. The molecule has 0 spiro atoms. The van der Waals surface area contributed by atoms with Crippen LogP contribution in [-0.4, -0.2) is 56.3 Å². The zero-order valence-electron chi connectivity index (χ0n) is 14.3. The number of rotatable bonds is 6. The maximum absolute atomic E-state index is 12.5. The summed E-state index contributed by atoms with van der Waals surface area (Å²) in [7, 11) is 0. The van der Waals surface area contributed by atoms with E-state index in [-0.39, 0.29) is 11.8 Å². The van der Waals surface area contributed by atoms with E-state index in [0.29, 0.717) is 12.6 Å². The van der Waals surface area contributed by atoms with Gasteiger partial charge in [0.2, 0.25) is 5.91 Å². The lowest BCUT2D eigenvalue weighted by Crippen LogP contribution is -2.47. The molecule has 24 heavy (non-hydrogen) atoms. The van der Waals surface area contributed by atoms with Crippen LogP contribution in [0.4, 0.5) is 0 Å². The van der Waals surface area contributed by atoms with Gasteiger partial charge in [-0.15, -0.1) is 0 Å². The van der Waals surface area contributed by atoms with Gasteiger partial charge in [-0.25, -0.2) is 0 Å². The van der Waals surface area contributed by atoms with Crippen molar-refractivity contribution in [1.29, 1.82) is 0 Å². The molecule has 1 N–H and O–H groups in total. The van der Waals surface area contributed by atoms with Crippen LogP contribution in [0.15, 0.2) is 30.3 Å². The number of para-hydroxylation sites is 1. The molecule has 2 aliphatic heterocycles. The average molecular weight is 332 g/mol. The molecule has 1 aromatic carbocycles. The molecule has 0 bridgehead atoms. The zero-order chi connectivity index (χ0) is 16.6. The lowest BCUT2D eigenvalue weighted by atomic mass is 9.96. The summed E-state index contributed by atoms with van der Waals surface area (Å²) in [5, 5.41) is 3.21. The van der Waals surface area contributed by atoms with E-state index < -0.39 is 0 Å². The van der Waals surface area contributed by atoms with Gasteiger partial charge in [0.1, 0.15) is 12.4 Å². The number of hydrogen-bond donors (Lipinski definition) is 1. The van der Waals surface area contributed by atoms with Crippen LogP contribution < -0.4 is 10.1 Å². The third-order valence-corrected chi connectivity index (χ3v) is 4.86. The first-order valence-corrected chi connectivity index (χ1v) is 9.09. The Morgan fingerprint density at radius 3 is 2.79 bits per heavy atom. The number of ether oxygens (including phenoxy) is 2. The smallest absolute Gasteiger partial charge is 0.224 e. The predicted octanol–water partition coefficient (Wildman–Crippen LogP) is 2.07. The van der Waals surface area contributed by atoms with Crippen molar-refractivity contribution in [2.24, 2.45) is 5.92 Å². The lowest BCUT2D eigenvalue weighted by molar-refractivity contribution is -0.128. The number of nitrogens with zero attached hydrogens (tertiary/aromatic N) is 1. The number of carbonyl (C=O) groups excluding carboxylic acids is 1. The average Bonchev–Trinajstić information content (AvgIpc) is 2.64. The number of carbonyl (C=O) groups is 1. The number of hydrogen-bond acceptors (Lipinski definition) is 4. The van der Waals surface area contributed by atoms with E-state index in [1.54, 1.807) is 0 Å². The summed E-state index contributed by atoms with van der Waals surface area (Å²) in [5.41, 5.74) is 0. The Kier molecular flexibility index (Phi) is 6.49. The molecule has 0 radical (unpaired) electrons. The van der Waals surface area contributed by atoms with Gasteiger partial charge >= 0.3 is 0 Å². The highest BCUT2D eigenvalue weighted by atomic mass is 16.5. The van der Waals surface area contributed by atoms with Crippen LogP contribution in [0, 0.1) is 5.92 Å². The standard InChI is InChI=1S/C19H28N2O3/c22-19(20-17-8-12-23-13-9-17)16-5-4-10-21(15-16)11-14-24-18-6-2-1-3-7-18/h1-3,6-7,16-17H,4-5,8-15H2,(H,20,22). The molecule has 5 heteroatoms. The van der Waals surface area contributed by atoms with Crippen molar-refractivity contribution in [3.63, 3.8) is 0 Å². The third-order valence-electron chi connectivity index (χ3n) is 4.86. The molecule has 2 heterocycles. The Hall–Kier alpha value is -1.59. The second-order valence-corrected chi connectivity index (χ2v) is 6.70. The highest BCUT2D eigenvalue weighted by Gasteiger charge is 2.27. The Morgan fingerprint density at radius 2 is 2.00 bits per heavy atom. The van der Waals surface area contributed by atoms with Gasteiger partial charge in [-0.05, 0) is 44.4 Å². The molecular formula is C19H28N2O3. The van der Waals surface area contributed by atoms with Gasteiger partial charge in [0.15, 0.2) is 0 Å². The molecule has 0 aliphatic carbocycles. The Bertz CT molecular complexity index is 503. The maximum atomic E-state index is 12.5. The molecule has 1 atom stereocenters. The van der Waals surface area contributed by atoms with Crippen molar-refractivity contribution >= 4 is 5.91 Å². The van der Waals surface area contributed by atoms with Gasteiger partial charge in [-0.1, -0.05) is 18.2 Å². The normalized spacial score (nSPS) is 22.9. The summed E-state index contributed by atoms with van der Waals surface area (Å²) in [6.45, 7) is 4.96. The first kappa shape index (κ1) is 17.2. The minimum absolute atomic E-state index is 0.110. The van der Waals surface area contributed by atoms with E-state index in [0.717, 1.165) is 64.3 Å². The summed E-state index contributed by atoms with van der Waals surface area (Å²) in [6.07, 6.45) is 3.95. The van der Waals surface area contributed by atoms with Gasteiger partial charge < -0.3 is 14.8 Å².